The average Bonchev–Trinajstić information content (AvgIpc) is 2.52. The highest BCUT2D eigenvalue weighted by Gasteiger charge is 2.32. The van der Waals surface area contributed by atoms with Crippen LogP contribution >= 0.6 is 27.5 Å². The van der Waals surface area contributed by atoms with Crippen molar-refractivity contribution in [1.29, 1.82) is 0 Å². The zero-order valence-corrected chi connectivity index (χ0v) is 15.1. The van der Waals surface area contributed by atoms with E-state index in [1.807, 2.05) is 0 Å². The number of hydrogen-bond donors (Lipinski definition) is 0. The zero-order valence-electron chi connectivity index (χ0n) is 11.9. The lowest BCUT2D eigenvalue weighted by atomic mass is 10.3. The van der Waals surface area contributed by atoms with Crippen LogP contribution in [0.1, 0.15) is 0 Å². The number of sulfonamides is 1. The first-order chi connectivity index (χ1) is 11.2. The Bertz CT molecular complexity index is 904. The summed E-state index contributed by atoms with van der Waals surface area (Å²) in [6.07, 6.45) is 0. The van der Waals surface area contributed by atoms with E-state index in [0.29, 0.717) is 4.47 Å². The lowest BCUT2D eigenvalue weighted by Crippen LogP contribution is -2.34. The molecule has 0 amide bonds. The van der Waals surface area contributed by atoms with Crippen LogP contribution in [0, 0.1) is 10.1 Å². The molecule has 2 aromatic carbocycles. The summed E-state index contributed by atoms with van der Waals surface area (Å²) in [5.41, 5.74) is -0.434. The monoisotopic (exact) mass is 432 g/mol. The number of halogens is 2. The Balaban J connectivity index is 2.65. The van der Waals surface area contributed by atoms with Crippen LogP contribution in [-0.4, -0.2) is 25.1 Å². The molecule has 10 heteroatoms. The van der Waals surface area contributed by atoms with Gasteiger partial charge in [0.2, 0.25) is 5.24 Å². The van der Waals surface area contributed by atoms with E-state index in [9.17, 15) is 23.3 Å². The van der Waals surface area contributed by atoms with Crippen molar-refractivity contribution in [3.63, 3.8) is 0 Å². The Morgan fingerprint density at radius 2 is 1.88 bits per heavy atom. The van der Waals surface area contributed by atoms with Crippen molar-refractivity contribution in [3.05, 3.63) is 63.1 Å². The maximum Gasteiger partial charge on any atom is 0.289 e. The molecule has 0 bridgehead atoms. The molecular weight excluding hydrogens is 424 g/mol. The van der Waals surface area contributed by atoms with E-state index in [4.69, 9.17) is 11.6 Å². The quantitative estimate of drug-likeness (QED) is 0.395. The number of nitro benzene ring substituents is 1. The van der Waals surface area contributed by atoms with Crippen molar-refractivity contribution in [2.45, 2.75) is 4.90 Å². The highest BCUT2D eigenvalue weighted by molar-refractivity contribution is 9.10. The van der Waals surface area contributed by atoms with Crippen LogP contribution in [0.3, 0.4) is 0 Å². The molecule has 0 heterocycles. The van der Waals surface area contributed by atoms with Gasteiger partial charge in [-0.25, -0.2) is 8.42 Å². The molecule has 7 nitrogen and oxygen atoms in total. The van der Waals surface area contributed by atoms with Gasteiger partial charge in [0.05, 0.1) is 10.6 Å². The Morgan fingerprint density at radius 1 is 1.21 bits per heavy atom. The fourth-order valence-electron chi connectivity index (χ4n) is 2.00. The van der Waals surface area contributed by atoms with E-state index in [1.165, 1.54) is 24.3 Å². The highest BCUT2D eigenvalue weighted by atomic mass is 79.9. The molecule has 0 aliphatic carbocycles. The molecule has 0 aliphatic heterocycles. The van der Waals surface area contributed by atoms with Crippen LogP contribution in [0.5, 0.6) is 0 Å². The molecule has 0 fully saturated rings. The van der Waals surface area contributed by atoms with Gasteiger partial charge in [-0.15, -0.1) is 0 Å². The van der Waals surface area contributed by atoms with Crippen LogP contribution in [0.2, 0.25) is 0 Å². The predicted molar refractivity (Wildman–Crippen MR) is 92.6 cm³/mol. The van der Waals surface area contributed by atoms with Crippen LogP contribution < -0.4 is 4.31 Å². The van der Waals surface area contributed by atoms with Gasteiger partial charge in [-0.3, -0.25) is 19.2 Å². The highest BCUT2D eigenvalue weighted by Crippen LogP contribution is 2.31. The number of nitro groups is 1. The third kappa shape index (κ3) is 3.92. The maximum atomic E-state index is 12.9. The molecule has 0 aliphatic rings. The summed E-state index contributed by atoms with van der Waals surface area (Å²) >= 11 is 8.58. The number of hydrogen-bond acceptors (Lipinski definition) is 5. The number of para-hydroxylation sites is 1. The van der Waals surface area contributed by atoms with E-state index < -0.39 is 37.3 Å². The van der Waals surface area contributed by atoms with Crippen molar-refractivity contribution in [1.82, 2.24) is 0 Å². The number of anilines is 1. The third-order valence-corrected chi connectivity index (χ3v) is 5.43. The van der Waals surface area contributed by atoms with Gasteiger partial charge in [0.1, 0.15) is 6.54 Å². The summed E-state index contributed by atoms with van der Waals surface area (Å²) in [4.78, 5) is 21.1. The third-order valence-electron chi connectivity index (χ3n) is 2.99. The Kier molecular flexibility index (Phi) is 5.58. The van der Waals surface area contributed by atoms with Crippen LogP contribution in [0.15, 0.2) is 57.9 Å². The van der Waals surface area contributed by atoms with Gasteiger partial charge in [0.15, 0.2) is 4.90 Å². The second kappa shape index (κ2) is 7.29. The second-order valence-corrected chi connectivity index (χ2v) is 7.74. The molecular formula is C14H10BrClN2O5S. The topological polar surface area (TPSA) is 97.6 Å². The normalized spacial score (nSPS) is 11.1. The smallest absolute Gasteiger partial charge is 0.279 e. The summed E-state index contributed by atoms with van der Waals surface area (Å²) in [7, 11) is -4.38. The van der Waals surface area contributed by atoms with Gasteiger partial charge >= 0.3 is 0 Å². The standard InChI is InChI=1S/C14H10BrClN2O5S/c15-10-4-3-5-11(8-10)17(9-14(16)19)24(22,23)13-7-2-1-6-12(13)18(20)21/h1-8H,9H2. The first kappa shape index (κ1) is 18.4. The summed E-state index contributed by atoms with van der Waals surface area (Å²) < 4.78 is 27.1. The van der Waals surface area contributed by atoms with Crippen molar-refractivity contribution in [2.24, 2.45) is 0 Å². The van der Waals surface area contributed by atoms with Gasteiger partial charge in [0, 0.05) is 10.5 Å². The first-order valence-corrected chi connectivity index (χ1v) is 9.04. The SMILES string of the molecule is O=C(Cl)CN(c1cccc(Br)c1)S(=O)(=O)c1ccccc1[N+](=O)[O-]. The summed E-state index contributed by atoms with van der Waals surface area (Å²) in [5.74, 6) is 0. The second-order valence-electron chi connectivity index (χ2n) is 4.57. The van der Waals surface area contributed by atoms with E-state index in [-0.39, 0.29) is 5.69 Å². The minimum Gasteiger partial charge on any atom is -0.279 e. The van der Waals surface area contributed by atoms with E-state index in [2.05, 4.69) is 15.9 Å². The minimum absolute atomic E-state index is 0.150. The molecule has 126 valence electrons. The summed E-state index contributed by atoms with van der Waals surface area (Å²) in [6.45, 7) is -0.660. The molecule has 2 aromatic rings. The molecule has 0 saturated heterocycles. The fourth-order valence-corrected chi connectivity index (χ4v) is 4.15. The largest absolute Gasteiger partial charge is 0.289 e. The molecule has 0 atom stereocenters. The molecule has 2 rings (SSSR count). The lowest BCUT2D eigenvalue weighted by Gasteiger charge is -2.23. The van der Waals surface area contributed by atoms with Gasteiger partial charge in [-0.2, -0.15) is 0 Å². The molecule has 0 aromatic heterocycles. The Labute approximate surface area is 151 Å². The molecule has 0 saturated carbocycles. The predicted octanol–water partition coefficient (Wildman–Crippen LogP) is 3.32. The summed E-state index contributed by atoms with van der Waals surface area (Å²) in [6, 6.07) is 11.1. The number of carbonyl (C=O) groups excluding carboxylic acids is 1. The first-order valence-electron chi connectivity index (χ1n) is 6.43. The van der Waals surface area contributed by atoms with Crippen molar-refractivity contribution < 1.29 is 18.1 Å². The lowest BCUT2D eigenvalue weighted by molar-refractivity contribution is -0.387. The molecule has 24 heavy (non-hydrogen) atoms. The van der Waals surface area contributed by atoms with Crippen molar-refractivity contribution >= 4 is 54.2 Å². The Hall–Kier alpha value is -1.97. The summed E-state index contributed by atoms with van der Waals surface area (Å²) in [5, 5.41) is 10.2. The van der Waals surface area contributed by atoms with Crippen LogP contribution in [0.4, 0.5) is 11.4 Å². The number of carbonyl (C=O) groups is 1. The number of rotatable bonds is 6. The fraction of sp³-hybridized carbons (Fsp3) is 0.0714. The van der Waals surface area contributed by atoms with Gasteiger partial charge < -0.3 is 0 Å². The number of benzene rings is 2. The minimum atomic E-state index is -4.38. The Morgan fingerprint density at radius 3 is 2.46 bits per heavy atom. The van der Waals surface area contributed by atoms with Gasteiger partial charge in [-0.1, -0.05) is 34.1 Å². The van der Waals surface area contributed by atoms with E-state index in [1.54, 1.807) is 12.1 Å². The van der Waals surface area contributed by atoms with Crippen molar-refractivity contribution in [2.75, 3.05) is 10.8 Å². The molecule has 0 N–H and O–H groups in total. The van der Waals surface area contributed by atoms with Crippen LogP contribution in [-0.2, 0) is 14.8 Å². The molecule has 0 unspecified atom stereocenters. The molecule has 0 spiro atoms. The van der Waals surface area contributed by atoms with Crippen LogP contribution in [0.25, 0.3) is 0 Å². The maximum absolute atomic E-state index is 12.9. The molecule has 0 radical (unpaired) electrons. The number of nitrogens with zero attached hydrogens (tertiary/aromatic N) is 2. The zero-order chi connectivity index (χ0) is 17.9. The van der Waals surface area contributed by atoms with E-state index >= 15 is 0 Å². The van der Waals surface area contributed by atoms with Crippen molar-refractivity contribution in [3.8, 4) is 0 Å². The van der Waals surface area contributed by atoms with Gasteiger partial charge in [0.25, 0.3) is 15.7 Å². The average molecular weight is 434 g/mol. The van der Waals surface area contributed by atoms with Gasteiger partial charge in [-0.05, 0) is 35.9 Å². The van der Waals surface area contributed by atoms with E-state index in [0.717, 1.165) is 16.4 Å².